The fourth-order valence-electron chi connectivity index (χ4n) is 1.85. The van der Waals surface area contributed by atoms with E-state index in [0.717, 1.165) is 28.3 Å². The number of benzene rings is 1. The van der Waals surface area contributed by atoms with Crippen LogP contribution in [-0.2, 0) is 6.54 Å². The van der Waals surface area contributed by atoms with E-state index in [9.17, 15) is 4.79 Å². The van der Waals surface area contributed by atoms with Crippen LogP contribution < -0.4 is 10.6 Å². The van der Waals surface area contributed by atoms with E-state index >= 15 is 0 Å². The molecule has 0 saturated heterocycles. The Kier molecular flexibility index (Phi) is 3.90. The molecule has 2 N–H and O–H groups in total. The zero-order chi connectivity index (χ0) is 13.8. The number of hydrogen-bond acceptors (Lipinski definition) is 2. The summed E-state index contributed by atoms with van der Waals surface area (Å²) in [5, 5.41) is 5.59. The van der Waals surface area contributed by atoms with Gasteiger partial charge >= 0.3 is 6.03 Å². The average Bonchev–Trinajstić information content (AvgIpc) is 2.68. The van der Waals surface area contributed by atoms with Crippen LogP contribution in [0.25, 0.3) is 0 Å². The second-order valence-corrected chi connectivity index (χ2v) is 4.61. The number of amides is 2. The highest BCUT2D eigenvalue weighted by Gasteiger charge is 2.06. The van der Waals surface area contributed by atoms with Crippen molar-refractivity contribution in [2.24, 2.45) is 0 Å². The lowest BCUT2D eigenvalue weighted by Gasteiger charge is -2.07. The molecule has 0 radical (unpaired) electrons. The highest BCUT2D eigenvalue weighted by molar-refractivity contribution is 5.89. The maximum atomic E-state index is 11.7. The molecule has 0 saturated carbocycles. The molecular formula is C15H18N2O2. The lowest BCUT2D eigenvalue weighted by molar-refractivity contribution is 0.251. The van der Waals surface area contributed by atoms with E-state index in [1.807, 2.05) is 51.1 Å². The Hall–Kier alpha value is -2.23. The molecule has 100 valence electrons. The van der Waals surface area contributed by atoms with E-state index in [0.29, 0.717) is 6.54 Å². The molecule has 2 rings (SSSR count). The molecule has 0 fully saturated rings. The Morgan fingerprint density at radius 3 is 2.42 bits per heavy atom. The van der Waals surface area contributed by atoms with Crippen molar-refractivity contribution in [1.82, 2.24) is 5.32 Å². The Bertz CT molecular complexity index is 570. The summed E-state index contributed by atoms with van der Waals surface area (Å²) < 4.78 is 5.41. The minimum Gasteiger partial charge on any atom is -0.466 e. The Labute approximate surface area is 112 Å². The van der Waals surface area contributed by atoms with Gasteiger partial charge in [-0.05, 0) is 39.0 Å². The van der Waals surface area contributed by atoms with Gasteiger partial charge in [-0.2, -0.15) is 0 Å². The smallest absolute Gasteiger partial charge is 0.319 e. The van der Waals surface area contributed by atoms with Crippen LogP contribution in [0.5, 0.6) is 0 Å². The van der Waals surface area contributed by atoms with Crippen LogP contribution in [-0.4, -0.2) is 6.03 Å². The van der Waals surface area contributed by atoms with Crippen molar-refractivity contribution in [2.45, 2.75) is 27.3 Å². The van der Waals surface area contributed by atoms with Crippen molar-refractivity contribution >= 4 is 11.7 Å². The number of carbonyl (C=O) groups is 1. The van der Waals surface area contributed by atoms with E-state index in [1.165, 1.54) is 0 Å². The molecule has 0 aliphatic heterocycles. The van der Waals surface area contributed by atoms with Gasteiger partial charge in [0.1, 0.15) is 11.5 Å². The van der Waals surface area contributed by atoms with Crippen molar-refractivity contribution in [1.29, 1.82) is 0 Å². The summed E-state index contributed by atoms with van der Waals surface area (Å²) in [5.41, 5.74) is 2.94. The molecule has 0 atom stereocenters. The van der Waals surface area contributed by atoms with Crippen molar-refractivity contribution in [2.75, 3.05) is 5.32 Å². The first-order chi connectivity index (χ1) is 9.04. The fraction of sp³-hybridized carbons (Fsp3) is 0.267. The van der Waals surface area contributed by atoms with Gasteiger partial charge in [0, 0.05) is 17.8 Å². The molecule has 1 aromatic carbocycles. The van der Waals surface area contributed by atoms with Gasteiger partial charge in [-0.15, -0.1) is 0 Å². The van der Waals surface area contributed by atoms with Crippen molar-refractivity contribution < 1.29 is 9.21 Å². The molecule has 19 heavy (non-hydrogen) atoms. The third-order valence-corrected chi connectivity index (χ3v) is 2.89. The molecule has 1 aromatic heterocycles. The zero-order valence-corrected chi connectivity index (χ0v) is 11.4. The molecule has 4 heteroatoms. The monoisotopic (exact) mass is 258 g/mol. The first-order valence-electron chi connectivity index (χ1n) is 6.22. The summed E-state index contributed by atoms with van der Waals surface area (Å²) in [5.74, 6) is 1.70. The van der Waals surface area contributed by atoms with Crippen LogP contribution in [0.1, 0.15) is 22.6 Å². The first-order valence-corrected chi connectivity index (χ1v) is 6.22. The second-order valence-electron chi connectivity index (χ2n) is 4.61. The van der Waals surface area contributed by atoms with Gasteiger partial charge < -0.3 is 15.1 Å². The van der Waals surface area contributed by atoms with Crippen LogP contribution in [0.2, 0.25) is 0 Å². The molecule has 2 amide bonds. The molecule has 0 unspecified atom stereocenters. The van der Waals surface area contributed by atoms with E-state index < -0.39 is 0 Å². The van der Waals surface area contributed by atoms with Gasteiger partial charge in [-0.1, -0.05) is 17.7 Å². The SMILES string of the molecule is Cc1ccc(NC(=O)NCc2cc(C)oc2C)cc1. The standard InChI is InChI=1S/C15H18N2O2/c1-10-4-6-14(7-5-10)17-15(18)16-9-13-8-11(2)19-12(13)3/h4-8H,9H2,1-3H3,(H2,16,17,18). The van der Waals surface area contributed by atoms with Crippen molar-refractivity contribution in [3.05, 3.63) is 53.0 Å². The largest absolute Gasteiger partial charge is 0.466 e. The van der Waals surface area contributed by atoms with Crippen LogP contribution in [0.3, 0.4) is 0 Å². The number of urea groups is 1. The molecular weight excluding hydrogens is 240 g/mol. The van der Waals surface area contributed by atoms with Gasteiger partial charge in [-0.25, -0.2) is 4.79 Å². The number of hydrogen-bond donors (Lipinski definition) is 2. The highest BCUT2D eigenvalue weighted by atomic mass is 16.3. The highest BCUT2D eigenvalue weighted by Crippen LogP contribution is 2.13. The van der Waals surface area contributed by atoms with Gasteiger partial charge in [0.05, 0.1) is 0 Å². The van der Waals surface area contributed by atoms with Crippen molar-refractivity contribution in [3.8, 4) is 0 Å². The maximum absolute atomic E-state index is 11.7. The Balaban J connectivity index is 1.88. The third-order valence-electron chi connectivity index (χ3n) is 2.89. The van der Waals surface area contributed by atoms with E-state index in [1.54, 1.807) is 0 Å². The number of aryl methyl sites for hydroxylation is 3. The maximum Gasteiger partial charge on any atom is 0.319 e. The summed E-state index contributed by atoms with van der Waals surface area (Å²) in [6.45, 7) is 6.25. The molecule has 0 aliphatic rings. The normalized spacial score (nSPS) is 10.3. The van der Waals surface area contributed by atoms with Crippen LogP contribution >= 0.6 is 0 Å². The molecule has 2 aromatic rings. The number of furan rings is 1. The number of nitrogens with one attached hydrogen (secondary N) is 2. The predicted molar refractivity (Wildman–Crippen MR) is 75.2 cm³/mol. The van der Waals surface area contributed by atoms with Gasteiger partial charge in [0.25, 0.3) is 0 Å². The van der Waals surface area contributed by atoms with Crippen LogP contribution in [0.4, 0.5) is 10.5 Å². The van der Waals surface area contributed by atoms with E-state index in [4.69, 9.17) is 4.42 Å². The third kappa shape index (κ3) is 3.61. The van der Waals surface area contributed by atoms with Gasteiger partial charge in [0.2, 0.25) is 0 Å². The molecule has 0 spiro atoms. The summed E-state index contributed by atoms with van der Waals surface area (Å²) in [4.78, 5) is 11.7. The number of anilines is 1. The van der Waals surface area contributed by atoms with Crippen molar-refractivity contribution in [3.63, 3.8) is 0 Å². The van der Waals surface area contributed by atoms with Gasteiger partial charge in [-0.3, -0.25) is 0 Å². The average molecular weight is 258 g/mol. The predicted octanol–water partition coefficient (Wildman–Crippen LogP) is 3.53. The summed E-state index contributed by atoms with van der Waals surface area (Å²) in [6, 6.07) is 9.38. The zero-order valence-electron chi connectivity index (χ0n) is 11.4. The second kappa shape index (κ2) is 5.61. The van der Waals surface area contributed by atoms with Crippen LogP contribution in [0.15, 0.2) is 34.7 Å². The minimum absolute atomic E-state index is 0.220. The molecule has 1 heterocycles. The Morgan fingerprint density at radius 2 is 1.84 bits per heavy atom. The topological polar surface area (TPSA) is 54.3 Å². The molecule has 4 nitrogen and oxygen atoms in total. The summed E-state index contributed by atoms with van der Waals surface area (Å²) in [7, 11) is 0. The molecule has 0 aliphatic carbocycles. The lowest BCUT2D eigenvalue weighted by atomic mass is 10.2. The first kappa shape index (κ1) is 13.2. The van der Waals surface area contributed by atoms with E-state index in [-0.39, 0.29) is 6.03 Å². The minimum atomic E-state index is -0.220. The number of rotatable bonds is 3. The summed E-state index contributed by atoms with van der Waals surface area (Å²) >= 11 is 0. The quantitative estimate of drug-likeness (QED) is 0.885. The summed E-state index contributed by atoms with van der Waals surface area (Å²) in [6.07, 6.45) is 0. The fourth-order valence-corrected chi connectivity index (χ4v) is 1.85. The van der Waals surface area contributed by atoms with Gasteiger partial charge in [0.15, 0.2) is 0 Å². The Morgan fingerprint density at radius 1 is 1.16 bits per heavy atom. The van der Waals surface area contributed by atoms with E-state index in [2.05, 4.69) is 10.6 Å². The lowest BCUT2D eigenvalue weighted by Crippen LogP contribution is -2.28. The number of carbonyl (C=O) groups excluding carboxylic acids is 1. The molecule has 0 bridgehead atoms. The van der Waals surface area contributed by atoms with Crippen LogP contribution in [0, 0.1) is 20.8 Å².